The Kier molecular flexibility index (Phi) is 2.99. The topological polar surface area (TPSA) is 59.0 Å². The molecule has 25 heavy (non-hydrogen) atoms. The first-order valence-electron chi connectivity index (χ1n) is 9.33. The number of ketones is 1. The van der Waals surface area contributed by atoms with Gasteiger partial charge in [-0.15, -0.1) is 0 Å². The van der Waals surface area contributed by atoms with E-state index in [0.717, 1.165) is 30.5 Å². The molecule has 2 bridgehead atoms. The van der Waals surface area contributed by atoms with Crippen molar-refractivity contribution in [2.24, 2.45) is 5.92 Å². The first-order chi connectivity index (χ1) is 11.9. The highest BCUT2D eigenvalue weighted by Gasteiger charge is 2.72. The fourth-order valence-corrected chi connectivity index (χ4v) is 6.19. The molecule has 1 aromatic rings. The number of phenols is 1. The first-order valence-corrected chi connectivity index (χ1v) is 9.33. The van der Waals surface area contributed by atoms with E-state index in [1.807, 2.05) is 13.0 Å². The van der Waals surface area contributed by atoms with Crippen molar-refractivity contribution < 1.29 is 19.4 Å². The second-order valence-corrected chi connectivity index (χ2v) is 8.27. The molecule has 1 aliphatic carbocycles. The number of ether oxygens (including phenoxy) is 2. The van der Waals surface area contributed by atoms with Gasteiger partial charge in [-0.25, -0.2) is 0 Å². The molecule has 3 fully saturated rings. The lowest BCUT2D eigenvalue weighted by atomic mass is 9.56. The van der Waals surface area contributed by atoms with Crippen LogP contribution in [0.25, 0.3) is 0 Å². The Labute approximate surface area is 147 Å². The summed E-state index contributed by atoms with van der Waals surface area (Å²) in [5.41, 5.74) is 1.39. The van der Waals surface area contributed by atoms with Crippen molar-refractivity contribution in [2.45, 2.75) is 63.2 Å². The van der Waals surface area contributed by atoms with Crippen molar-refractivity contribution in [3.05, 3.63) is 23.3 Å². The molecule has 6 atom stereocenters. The van der Waals surface area contributed by atoms with Crippen LogP contribution in [0.4, 0.5) is 0 Å². The number of aromatic hydroxyl groups is 1. The van der Waals surface area contributed by atoms with Gasteiger partial charge in [-0.1, -0.05) is 13.0 Å². The number of hydrogen-bond donors (Lipinski definition) is 1. The Morgan fingerprint density at radius 3 is 2.88 bits per heavy atom. The summed E-state index contributed by atoms with van der Waals surface area (Å²) in [5.74, 6) is 0.786. The molecule has 1 N–H and O–H groups in total. The van der Waals surface area contributed by atoms with Crippen LogP contribution >= 0.6 is 0 Å². The smallest absolute Gasteiger partial charge is 0.165 e. The van der Waals surface area contributed by atoms with Gasteiger partial charge in [-0.2, -0.15) is 0 Å². The van der Waals surface area contributed by atoms with Gasteiger partial charge in [0.2, 0.25) is 0 Å². The highest BCUT2D eigenvalue weighted by Crippen LogP contribution is 2.64. The molecule has 1 saturated carbocycles. The standard InChI is InChI=1S/C20H25NO4/c1-11-4-5-15(23)17-16(11)19-8-9-21-10-24-20(19,13(21)3)7-6-14(22)12(2)18(19)25-17/h4-5,12-13,18,23H,6-10H2,1-3H3/t12-,13-,18+,19+,20-/m1/s1. The van der Waals surface area contributed by atoms with Crippen molar-refractivity contribution in [3.8, 4) is 11.5 Å². The minimum absolute atomic E-state index is 0.172. The van der Waals surface area contributed by atoms with Crippen LogP contribution in [0, 0.1) is 12.8 Å². The van der Waals surface area contributed by atoms with Gasteiger partial charge in [-0.3, -0.25) is 9.69 Å². The molecule has 5 nitrogen and oxygen atoms in total. The van der Waals surface area contributed by atoms with Gasteiger partial charge in [0.25, 0.3) is 0 Å². The average Bonchev–Trinajstić information content (AvgIpc) is 3.01. The van der Waals surface area contributed by atoms with Crippen LogP contribution < -0.4 is 4.74 Å². The van der Waals surface area contributed by atoms with Crippen molar-refractivity contribution in [1.82, 2.24) is 4.90 Å². The van der Waals surface area contributed by atoms with E-state index in [1.54, 1.807) is 6.07 Å². The first kappa shape index (κ1) is 15.6. The Bertz CT molecular complexity index is 777. The lowest BCUT2D eigenvalue weighted by Crippen LogP contribution is -2.66. The third kappa shape index (κ3) is 1.60. The molecule has 2 saturated heterocycles. The molecule has 0 radical (unpaired) electrons. The molecule has 134 valence electrons. The van der Waals surface area contributed by atoms with E-state index in [9.17, 15) is 9.90 Å². The summed E-state index contributed by atoms with van der Waals surface area (Å²) in [6, 6.07) is 3.90. The number of hydrogen-bond acceptors (Lipinski definition) is 5. The Balaban J connectivity index is 1.84. The van der Waals surface area contributed by atoms with Gasteiger partial charge in [0, 0.05) is 24.6 Å². The van der Waals surface area contributed by atoms with Gasteiger partial charge in [-0.05, 0) is 38.3 Å². The van der Waals surface area contributed by atoms with E-state index in [1.165, 1.54) is 0 Å². The summed E-state index contributed by atoms with van der Waals surface area (Å²) >= 11 is 0. The minimum Gasteiger partial charge on any atom is -0.504 e. The molecule has 0 amide bonds. The van der Waals surface area contributed by atoms with E-state index >= 15 is 0 Å². The number of phenolic OH excluding ortho intramolecular Hbond substituents is 1. The van der Waals surface area contributed by atoms with Crippen LogP contribution in [0.5, 0.6) is 11.5 Å². The molecule has 3 heterocycles. The second kappa shape index (κ2) is 4.77. The van der Waals surface area contributed by atoms with Gasteiger partial charge in [0.15, 0.2) is 11.5 Å². The number of carbonyl (C=O) groups excluding carboxylic acids is 1. The number of piperidine rings is 1. The van der Waals surface area contributed by atoms with Crippen molar-refractivity contribution in [2.75, 3.05) is 13.3 Å². The summed E-state index contributed by atoms with van der Waals surface area (Å²) in [6.07, 6.45) is 1.89. The van der Waals surface area contributed by atoms with Crippen molar-refractivity contribution in [1.29, 1.82) is 0 Å². The predicted molar refractivity (Wildman–Crippen MR) is 91.8 cm³/mol. The van der Waals surface area contributed by atoms with Crippen LogP contribution in [-0.2, 0) is 14.9 Å². The lowest BCUT2D eigenvalue weighted by Gasteiger charge is -2.53. The van der Waals surface area contributed by atoms with Crippen molar-refractivity contribution >= 4 is 5.78 Å². The maximum Gasteiger partial charge on any atom is 0.165 e. The lowest BCUT2D eigenvalue weighted by molar-refractivity contribution is -0.126. The highest BCUT2D eigenvalue weighted by molar-refractivity contribution is 5.83. The Hall–Kier alpha value is -1.59. The summed E-state index contributed by atoms with van der Waals surface area (Å²) in [4.78, 5) is 15.2. The van der Waals surface area contributed by atoms with E-state index in [0.29, 0.717) is 18.9 Å². The third-order valence-electron chi connectivity index (χ3n) is 7.49. The van der Waals surface area contributed by atoms with Gasteiger partial charge >= 0.3 is 0 Å². The predicted octanol–water partition coefficient (Wildman–Crippen LogP) is 2.52. The zero-order valence-corrected chi connectivity index (χ0v) is 15.0. The number of aryl methyl sites for hydroxylation is 1. The van der Waals surface area contributed by atoms with Gasteiger partial charge in [0.05, 0.1) is 16.9 Å². The van der Waals surface area contributed by atoms with Gasteiger partial charge in [0.1, 0.15) is 18.6 Å². The average molecular weight is 343 g/mol. The maximum absolute atomic E-state index is 12.8. The number of nitrogens with zero attached hydrogens (tertiary/aromatic N) is 1. The molecule has 0 unspecified atom stereocenters. The summed E-state index contributed by atoms with van der Waals surface area (Å²) in [7, 11) is 0. The maximum atomic E-state index is 12.8. The van der Waals surface area contributed by atoms with E-state index in [-0.39, 0.29) is 35.0 Å². The zero-order valence-electron chi connectivity index (χ0n) is 15.0. The molecular weight excluding hydrogens is 318 g/mol. The second-order valence-electron chi connectivity index (χ2n) is 8.27. The SMILES string of the molecule is Cc1ccc(O)c2c1[C@]13CC[N@@]4CO[C@]1(CCC(=O)[C@@H](C)[C@@H]3O2)[C@H]4C. The normalized spacial score (nSPS) is 44.5. The highest BCUT2D eigenvalue weighted by atomic mass is 16.5. The van der Waals surface area contributed by atoms with E-state index in [4.69, 9.17) is 9.47 Å². The van der Waals surface area contributed by atoms with Gasteiger partial charge < -0.3 is 14.6 Å². The zero-order chi connectivity index (χ0) is 17.6. The Morgan fingerprint density at radius 2 is 2.08 bits per heavy atom. The molecule has 2 spiro atoms. The third-order valence-corrected chi connectivity index (χ3v) is 7.49. The molecule has 0 aromatic heterocycles. The minimum atomic E-state index is -0.430. The van der Waals surface area contributed by atoms with Crippen LogP contribution in [0.15, 0.2) is 12.1 Å². The fourth-order valence-electron chi connectivity index (χ4n) is 6.19. The fraction of sp³-hybridized carbons (Fsp3) is 0.650. The van der Waals surface area contributed by atoms with Crippen LogP contribution in [0.2, 0.25) is 0 Å². The Morgan fingerprint density at radius 1 is 1.28 bits per heavy atom. The largest absolute Gasteiger partial charge is 0.504 e. The summed E-state index contributed by atoms with van der Waals surface area (Å²) in [6.45, 7) is 7.83. The van der Waals surface area contributed by atoms with E-state index < -0.39 is 5.60 Å². The van der Waals surface area contributed by atoms with E-state index in [2.05, 4.69) is 18.7 Å². The number of fused-ring (bicyclic) bond motifs is 2. The molecule has 4 aliphatic rings. The molecular formula is C20H25NO4. The number of rotatable bonds is 0. The number of Topliss-reactive ketones (excluding diaryl/α,β-unsaturated/α-hetero) is 1. The van der Waals surface area contributed by atoms with Crippen LogP contribution in [0.3, 0.4) is 0 Å². The summed E-state index contributed by atoms with van der Waals surface area (Å²) in [5, 5.41) is 10.5. The van der Waals surface area contributed by atoms with Crippen LogP contribution in [-0.4, -0.2) is 46.8 Å². The molecule has 1 aromatic carbocycles. The number of benzene rings is 1. The molecule has 5 heteroatoms. The monoisotopic (exact) mass is 343 g/mol. The van der Waals surface area contributed by atoms with Crippen LogP contribution in [0.1, 0.15) is 44.2 Å². The quantitative estimate of drug-likeness (QED) is 0.784. The molecule has 3 aliphatic heterocycles. The molecule has 5 rings (SSSR count). The van der Waals surface area contributed by atoms with Crippen molar-refractivity contribution in [3.63, 3.8) is 0 Å². The summed E-state index contributed by atoms with van der Waals surface area (Å²) < 4.78 is 12.9. The number of carbonyl (C=O) groups is 1.